The van der Waals surface area contributed by atoms with Crippen molar-refractivity contribution in [3.8, 4) is 17.2 Å². The maximum Gasteiger partial charge on any atom is 0.143 e. The number of rotatable bonds is 5. The Hall–Kier alpha value is -2.62. The maximum atomic E-state index is 6.28. The van der Waals surface area contributed by atoms with E-state index in [0.29, 0.717) is 6.10 Å². The highest BCUT2D eigenvalue weighted by Gasteiger charge is 2.23. The number of hydrogen-bond acceptors (Lipinski definition) is 4. The molecular formula is C22H25NO3. The number of benzene rings is 2. The second-order valence-electron chi connectivity index (χ2n) is 6.83. The van der Waals surface area contributed by atoms with E-state index in [9.17, 15) is 0 Å². The van der Waals surface area contributed by atoms with Crippen LogP contribution in [0.4, 0.5) is 5.69 Å². The molecule has 1 saturated carbocycles. The molecule has 0 atom stereocenters. The van der Waals surface area contributed by atoms with Gasteiger partial charge in [0.05, 0.1) is 26.0 Å². The Labute approximate surface area is 154 Å². The molecule has 2 aromatic carbocycles. The van der Waals surface area contributed by atoms with Gasteiger partial charge in [-0.3, -0.25) is 0 Å². The average Bonchev–Trinajstić information content (AvgIpc) is 3.21. The van der Waals surface area contributed by atoms with Crippen molar-refractivity contribution in [3.05, 3.63) is 47.5 Å². The Bertz CT molecular complexity index is 805. The zero-order chi connectivity index (χ0) is 17.9. The molecule has 2 aliphatic rings. The van der Waals surface area contributed by atoms with Crippen LogP contribution in [0.25, 0.3) is 11.6 Å². The van der Waals surface area contributed by atoms with Gasteiger partial charge < -0.3 is 19.5 Å². The minimum atomic E-state index is 0.334. The van der Waals surface area contributed by atoms with Crippen LogP contribution in [-0.4, -0.2) is 26.9 Å². The summed E-state index contributed by atoms with van der Waals surface area (Å²) in [6.45, 7) is 0.757. The zero-order valence-corrected chi connectivity index (χ0v) is 15.4. The van der Waals surface area contributed by atoms with Crippen molar-refractivity contribution in [2.75, 3.05) is 26.1 Å². The third-order valence-electron chi connectivity index (χ3n) is 5.22. The second-order valence-corrected chi connectivity index (χ2v) is 6.83. The first-order valence-electron chi connectivity index (χ1n) is 9.25. The van der Waals surface area contributed by atoms with E-state index in [1.54, 1.807) is 14.2 Å². The second kappa shape index (κ2) is 7.32. The van der Waals surface area contributed by atoms with E-state index in [0.717, 1.165) is 47.9 Å². The van der Waals surface area contributed by atoms with Crippen LogP contribution in [0.2, 0.25) is 0 Å². The van der Waals surface area contributed by atoms with E-state index in [-0.39, 0.29) is 0 Å². The SMILES string of the molecule is COc1ccc(C2=Cc3c(OC)ccc(OC4CCCC4)c3NC2)cc1. The van der Waals surface area contributed by atoms with E-state index >= 15 is 0 Å². The number of fused-ring (bicyclic) bond motifs is 1. The lowest BCUT2D eigenvalue weighted by Crippen LogP contribution is -2.16. The number of ether oxygens (including phenoxy) is 3. The normalized spacial score (nSPS) is 16.5. The third kappa shape index (κ3) is 3.24. The molecule has 0 bridgehead atoms. The largest absolute Gasteiger partial charge is 0.497 e. The van der Waals surface area contributed by atoms with Crippen molar-refractivity contribution in [3.63, 3.8) is 0 Å². The standard InChI is InChI=1S/C22H25NO3/c1-24-17-9-7-15(8-10-17)16-13-19-20(25-2)11-12-21(22(19)23-14-16)26-18-5-3-4-6-18/h7-13,18,23H,3-6,14H2,1-2H3. The van der Waals surface area contributed by atoms with Crippen LogP contribution in [0.5, 0.6) is 17.2 Å². The van der Waals surface area contributed by atoms with Crippen LogP contribution in [0.15, 0.2) is 36.4 Å². The summed E-state index contributed by atoms with van der Waals surface area (Å²) in [6.07, 6.45) is 7.35. The molecule has 1 aliphatic heterocycles. The maximum absolute atomic E-state index is 6.28. The first kappa shape index (κ1) is 16.8. The average molecular weight is 351 g/mol. The Morgan fingerprint density at radius 3 is 2.31 bits per heavy atom. The van der Waals surface area contributed by atoms with Crippen LogP contribution in [-0.2, 0) is 0 Å². The van der Waals surface area contributed by atoms with Crippen molar-refractivity contribution in [2.45, 2.75) is 31.8 Å². The summed E-state index contributed by atoms with van der Waals surface area (Å²) in [6, 6.07) is 12.2. The quantitative estimate of drug-likeness (QED) is 0.824. The summed E-state index contributed by atoms with van der Waals surface area (Å²) < 4.78 is 17.1. The molecule has 26 heavy (non-hydrogen) atoms. The predicted octanol–water partition coefficient (Wildman–Crippen LogP) is 4.99. The van der Waals surface area contributed by atoms with E-state index < -0.39 is 0 Å². The van der Waals surface area contributed by atoms with Gasteiger partial charge in [-0.1, -0.05) is 12.1 Å². The molecule has 2 aromatic rings. The van der Waals surface area contributed by atoms with Crippen LogP contribution in [0, 0.1) is 0 Å². The minimum absolute atomic E-state index is 0.334. The highest BCUT2D eigenvalue weighted by molar-refractivity contribution is 5.94. The first-order chi connectivity index (χ1) is 12.8. The molecule has 0 radical (unpaired) electrons. The summed E-state index contributed by atoms with van der Waals surface area (Å²) >= 11 is 0. The van der Waals surface area contributed by atoms with Gasteiger partial charge in [-0.2, -0.15) is 0 Å². The molecule has 1 N–H and O–H groups in total. The number of hydrogen-bond donors (Lipinski definition) is 1. The summed E-state index contributed by atoms with van der Waals surface area (Å²) in [5.74, 6) is 2.65. The zero-order valence-electron chi connectivity index (χ0n) is 15.4. The van der Waals surface area contributed by atoms with Crippen LogP contribution in [0.1, 0.15) is 36.8 Å². The summed E-state index contributed by atoms with van der Waals surface area (Å²) in [7, 11) is 3.39. The first-order valence-corrected chi connectivity index (χ1v) is 9.25. The highest BCUT2D eigenvalue weighted by atomic mass is 16.5. The van der Waals surface area contributed by atoms with Crippen LogP contribution in [0.3, 0.4) is 0 Å². The topological polar surface area (TPSA) is 39.7 Å². The van der Waals surface area contributed by atoms with Gasteiger partial charge in [-0.25, -0.2) is 0 Å². The van der Waals surface area contributed by atoms with Crippen molar-refractivity contribution < 1.29 is 14.2 Å². The van der Waals surface area contributed by atoms with E-state index in [1.165, 1.54) is 24.0 Å². The van der Waals surface area contributed by atoms with Crippen molar-refractivity contribution >= 4 is 17.3 Å². The van der Waals surface area contributed by atoms with Crippen molar-refractivity contribution in [1.29, 1.82) is 0 Å². The van der Waals surface area contributed by atoms with Gasteiger partial charge >= 0.3 is 0 Å². The Morgan fingerprint density at radius 2 is 1.62 bits per heavy atom. The summed E-state index contributed by atoms with van der Waals surface area (Å²) in [5, 5.41) is 3.55. The van der Waals surface area contributed by atoms with E-state index in [1.807, 2.05) is 24.3 Å². The van der Waals surface area contributed by atoms with Gasteiger partial charge in [0.1, 0.15) is 17.2 Å². The monoisotopic (exact) mass is 351 g/mol. The molecule has 136 valence electrons. The molecule has 0 saturated heterocycles. The lowest BCUT2D eigenvalue weighted by Gasteiger charge is -2.25. The van der Waals surface area contributed by atoms with E-state index in [2.05, 4.69) is 23.5 Å². The van der Waals surface area contributed by atoms with Gasteiger partial charge in [0.2, 0.25) is 0 Å². The fourth-order valence-electron chi connectivity index (χ4n) is 3.77. The fraction of sp³-hybridized carbons (Fsp3) is 0.364. The minimum Gasteiger partial charge on any atom is -0.497 e. The van der Waals surface area contributed by atoms with Gasteiger partial charge in [0.25, 0.3) is 0 Å². The predicted molar refractivity (Wildman–Crippen MR) is 105 cm³/mol. The number of anilines is 1. The summed E-state index contributed by atoms with van der Waals surface area (Å²) in [4.78, 5) is 0. The number of nitrogens with one attached hydrogen (secondary N) is 1. The third-order valence-corrected chi connectivity index (χ3v) is 5.22. The molecule has 1 fully saturated rings. The molecule has 0 aromatic heterocycles. The lowest BCUT2D eigenvalue weighted by atomic mass is 9.97. The molecule has 1 aliphatic carbocycles. The highest BCUT2D eigenvalue weighted by Crippen LogP contribution is 2.42. The molecule has 4 nitrogen and oxygen atoms in total. The smallest absolute Gasteiger partial charge is 0.143 e. The fourth-order valence-corrected chi connectivity index (χ4v) is 3.77. The Morgan fingerprint density at radius 1 is 0.885 bits per heavy atom. The molecular weight excluding hydrogens is 326 g/mol. The van der Waals surface area contributed by atoms with Gasteiger partial charge in [-0.05, 0) is 67.2 Å². The van der Waals surface area contributed by atoms with Crippen LogP contribution >= 0.6 is 0 Å². The van der Waals surface area contributed by atoms with Crippen molar-refractivity contribution in [2.24, 2.45) is 0 Å². The van der Waals surface area contributed by atoms with Gasteiger partial charge in [0, 0.05) is 12.1 Å². The molecule has 0 unspecified atom stereocenters. The van der Waals surface area contributed by atoms with Gasteiger partial charge in [-0.15, -0.1) is 0 Å². The van der Waals surface area contributed by atoms with Gasteiger partial charge in [0.15, 0.2) is 0 Å². The molecule has 0 amide bonds. The van der Waals surface area contributed by atoms with E-state index in [4.69, 9.17) is 14.2 Å². The molecule has 0 spiro atoms. The van der Waals surface area contributed by atoms with Crippen molar-refractivity contribution in [1.82, 2.24) is 0 Å². The molecule has 1 heterocycles. The Balaban J connectivity index is 1.68. The Kier molecular flexibility index (Phi) is 4.74. The number of methoxy groups -OCH3 is 2. The molecule has 4 rings (SSSR count). The molecule has 4 heteroatoms. The summed E-state index contributed by atoms with van der Waals surface area (Å²) in [5.41, 5.74) is 4.48. The van der Waals surface area contributed by atoms with Crippen LogP contribution < -0.4 is 19.5 Å². The lowest BCUT2D eigenvalue weighted by molar-refractivity contribution is 0.211.